The maximum atomic E-state index is 13.1. The Labute approximate surface area is 192 Å². The number of piperidine rings is 1. The highest BCUT2D eigenvalue weighted by molar-refractivity contribution is 6.39. The van der Waals surface area contributed by atoms with E-state index in [0.717, 1.165) is 11.1 Å². The van der Waals surface area contributed by atoms with E-state index in [2.05, 4.69) is 10.4 Å². The minimum absolute atomic E-state index is 0.0111. The summed E-state index contributed by atoms with van der Waals surface area (Å²) < 4.78 is 13.1. The molecule has 2 aromatic rings. The van der Waals surface area contributed by atoms with Crippen LogP contribution in [0, 0.1) is 11.7 Å². The van der Waals surface area contributed by atoms with Crippen molar-refractivity contribution in [2.75, 3.05) is 13.1 Å². The molecule has 0 radical (unpaired) electrons. The maximum Gasteiger partial charge on any atom is 0.270 e. The quantitative estimate of drug-likeness (QED) is 0.735. The minimum atomic E-state index is -0.347. The Morgan fingerprint density at radius 1 is 0.970 bits per heavy atom. The van der Waals surface area contributed by atoms with Crippen molar-refractivity contribution in [3.8, 4) is 0 Å². The van der Waals surface area contributed by atoms with Gasteiger partial charge in [-0.1, -0.05) is 42.5 Å². The molecule has 8 heteroatoms. The maximum absolute atomic E-state index is 13.1. The Balaban J connectivity index is 1.30. The molecule has 7 nitrogen and oxygen atoms in total. The van der Waals surface area contributed by atoms with Crippen LogP contribution in [0.3, 0.4) is 0 Å². The predicted molar refractivity (Wildman–Crippen MR) is 121 cm³/mol. The molecule has 0 saturated carbocycles. The molecule has 1 saturated heterocycles. The number of rotatable bonds is 6. The fourth-order valence-electron chi connectivity index (χ4n) is 4.10. The first-order valence-corrected chi connectivity index (χ1v) is 11.2. The first-order chi connectivity index (χ1) is 16.0. The van der Waals surface area contributed by atoms with Crippen LogP contribution in [0.2, 0.25) is 0 Å². The van der Waals surface area contributed by atoms with Crippen LogP contribution in [0.15, 0.2) is 59.7 Å². The average molecular weight is 451 g/mol. The second-order valence-corrected chi connectivity index (χ2v) is 8.39. The third kappa shape index (κ3) is 5.83. The molecule has 1 N–H and O–H groups in total. The number of hydrazone groups is 1. The summed E-state index contributed by atoms with van der Waals surface area (Å²) in [6.07, 6.45) is 1.70. The van der Waals surface area contributed by atoms with Crippen LogP contribution in [-0.4, -0.2) is 46.4 Å². The van der Waals surface area contributed by atoms with Crippen molar-refractivity contribution < 1.29 is 18.8 Å². The highest BCUT2D eigenvalue weighted by atomic mass is 19.1. The third-order valence-corrected chi connectivity index (χ3v) is 6.06. The largest absolute Gasteiger partial charge is 0.352 e. The molecule has 0 aliphatic carbocycles. The fourth-order valence-corrected chi connectivity index (χ4v) is 4.10. The number of nitrogens with zero attached hydrogens (tertiary/aromatic N) is 3. The summed E-state index contributed by atoms with van der Waals surface area (Å²) >= 11 is 0. The van der Waals surface area contributed by atoms with Crippen LogP contribution in [-0.2, 0) is 27.5 Å². The second kappa shape index (κ2) is 10.4. The van der Waals surface area contributed by atoms with Crippen molar-refractivity contribution in [3.05, 3.63) is 71.5 Å². The van der Waals surface area contributed by atoms with E-state index in [1.165, 1.54) is 17.1 Å². The molecule has 2 aromatic carbocycles. The predicted octanol–water partition coefficient (Wildman–Crippen LogP) is 2.86. The fraction of sp³-hybridized carbons (Fsp3) is 0.360. The Morgan fingerprint density at radius 2 is 1.67 bits per heavy atom. The van der Waals surface area contributed by atoms with Crippen molar-refractivity contribution in [3.63, 3.8) is 0 Å². The van der Waals surface area contributed by atoms with Gasteiger partial charge in [0.25, 0.3) is 5.91 Å². The number of nitrogens with one attached hydrogen (secondary N) is 1. The van der Waals surface area contributed by atoms with E-state index in [4.69, 9.17) is 0 Å². The van der Waals surface area contributed by atoms with Gasteiger partial charge in [0.15, 0.2) is 0 Å². The van der Waals surface area contributed by atoms with Crippen LogP contribution in [0.25, 0.3) is 0 Å². The molecule has 1 fully saturated rings. The smallest absolute Gasteiger partial charge is 0.270 e. The van der Waals surface area contributed by atoms with Crippen molar-refractivity contribution in [1.29, 1.82) is 0 Å². The Kier molecular flexibility index (Phi) is 7.12. The lowest BCUT2D eigenvalue weighted by atomic mass is 9.95. The number of hydrogen-bond acceptors (Lipinski definition) is 4. The zero-order valence-electron chi connectivity index (χ0n) is 18.4. The SMILES string of the molecule is O=C(NCc1ccccc1)C1CCN(C(=O)C2=NN(Cc3ccc(F)cc3)C(=O)CC2)CC1. The van der Waals surface area contributed by atoms with Gasteiger partial charge >= 0.3 is 0 Å². The molecule has 0 spiro atoms. The summed E-state index contributed by atoms with van der Waals surface area (Å²) in [5.41, 5.74) is 2.14. The Morgan fingerprint density at radius 3 is 2.36 bits per heavy atom. The van der Waals surface area contributed by atoms with Crippen molar-refractivity contribution in [2.24, 2.45) is 11.0 Å². The molecule has 0 unspecified atom stereocenters. The van der Waals surface area contributed by atoms with Crippen molar-refractivity contribution >= 4 is 23.4 Å². The normalized spacial score (nSPS) is 17.0. The van der Waals surface area contributed by atoms with Gasteiger partial charge in [-0.15, -0.1) is 0 Å². The number of halogens is 1. The molecule has 2 aliphatic heterocycles. The van der Waals surface area contributed by atoms with Gasteiger partial charge in [-0.3, -0.25) is 14.4 Å². The van der Waals surface area contributed by atoms with E-state index in [1.54, 1.807) is 17.0 Å². The van der Waals surface area contributed by atoms with E-state index in [9.17, 15) is 18.8 Å². The molecule has 2 aliphatic rings. The van der Waals surface area contributed by atoms with Crippen LogP contribution in [0.4, 0.5) is 4.39 Å². The topological polar surface area (TPSA) is 82.1 Å². The number of likely N-dealkylation sites (tertiary alicyclic amines) is 1. The molecule has 2 heterocycles. The highest BCUT2D eigenvalue weighted by Crippen LogP contribution is 2.20. The summed E-state index contributed by atoms with van der Waals surface area (Å²) in [5.74, 6) is -0.806. The van der Waals surface area contributed by atoms with E-state index >= 15 is 0 Å². The number of carbonyl (C=O) groups excluding carboxylic acids is 3. The first-order valence-electron chi connectivity index (χ1n) is 11.2. The Hall–Kier alpha value is -3.55. The van der Waals surface area contributed by atoms with Gasteiger partial charge in [-0.2, -0.15) is 5.10 Å². The molecule has 4 rings (SSSR count). The molecular weight excluding hydrogens is 423 g/mol. The minimum Gasteiger partial charge on any atom is -0.352 e. The Bertz CT molecular complexity index is 1030. The summed E-state index contributed by atoms with van der Waals surface area (Å²) in [6, 6.07) is 15.6. The summed E-state index contributed by atoms with van der Waals surface area (Å²) in [7, 11) is 0. The average Bonchev–Trinajstić information content (AvgIpc) is 2.85. The molecule has 0 aromatic heterocycles. The molecule has 172 valence electrons. The zero-order valence-corrected chi connectivity index (χ0v) is 18.4. The third-order valence-electron chi connectivity index (χ3n) is 6.06. The van der Waals surface area contributed by atoms with Crippen LogP contribution in [0.1, 0.15) is 36.8 Å². The molecule has 0 bridgehead atoms. The monoisotopic (exact) mass is 450 g/mol. The molecule has 0 atom stereocenters. The van der Waals surface area contributed by atoms with Crippen LogP contribution >= 0.6 is 0 Å². The van der Waals surface area contributed by atoms with E-state index in [1.807, 2.05) is 30.3 Å². The standard InChI is InChI=1S/C25H27FN4O3/c26-21-8-6-19(7-9-21)17-30-23(31)11-10-22(28-30)25(33)29-14-12-20(13-15-29)24(32)27-16-18-4-2-1-3-5-18/h1-9,20H,10-17H2,(H,27,32). The van der Waals surface area contributed by atoms with Gasteiger partial charge in [0, 0.05) is 38.4 Å². The van der Waals surface area contributed by atoms with Crippen LogP contribution < -0.4 is 5.32 Å². The van der Waals surface area contributed by atoms with Gasteiger partial charge in [0.1, 0.15) is 11.5 Å². The number of amides is 3. The lowest BCUT2D eigenvalue weighted by molar-refractivity contribution is -0.133. The lowest BCUT2D eigenvalue weighted by Crippen LogP contribution is -2.46. The molecule has 33 heavy (non-hydrogen) atoms. The van der Waals surface area contributed by atoms with E-state index < -0.39 is 0 Å². The summed E-state index contributed by atoms with van der Waals surface area (Å²) in [4.78, 5) is 39.5. The highest BCUT2D eigenvalue weighted by Gasteiger charge is 2.31. The van der Waals surface area contributed by atoms with Gasteiger partial charge in [0.2, 0.25) is 11.8 Å². The first kappa shape index (κ1) is 22.6. The number of hydrogen-bond donors (Lipinski definition) is 1. The number of carbonyl (C=O) groups is 3. The molecule has 3 amide bonds. The van der Waals surface area contributed by atoms with Crippen molar-refractivity contribution in [2.45, 2.75) is 38.8 Å². The van der Waals surface area contributed by atoms with Gasteiger partial charge < -0.3 is 10.2 Å². The van der Waals surface area contributed by atoms with Crippen LogP contribution in [0.5, 0.6) is 0 Å². The van der Waals surface area contributed by atoms with E-state index in [-0.39, 0.29) is 42.4 Å². The summed E-state index contributed by atoms with van der Waals surface area (Å²) in [6.45, 7) is 1.65. The zero-order chi connectivity index (χ0) is 23.2. The second-order valence-electron chi connectivity index (χ2n) is 8.39. The van der Waals surface area contributed by atoms with Crippen molar-refractivity contribution in [1.82, 2.24) is 15.2 Å². The van der Waals surface area contributed by atoms with Gasteiger partial charge in [-0.05, 0) is 36.1 Å². The van der Waals surface area contributed by atoms with E-state index in [0.29, 0.717) is 44.6 Å². The van der Waals surface area contributed by atoms with Gasteiger partial charge in [0.05, 0.1) is 6.54 Å². The van der Waals surface area contributed by atoms with Gasteiger partial charge in [-0.25, -0.2) is 9.40 Å². The molecular formula is C25H27FN4O3. The number of benzene rings is 2. The lowest BCUT2D eigenvalue weighted by Gasteiger charge is -2.32. The summed E-state index contributed by atoms with van der Waals surface area (Å²) in [5, 5.41) is 8.57.